The molecule has 0 aliphatic rings. The summed E-state index contributed by atoms with van der Waals surface area (Å²) in [5.74, 6) is 0.872. The van der Waals surface area contributed by atoms with E-state index < -0.39 is 0 Å². The van der Waals surface area contributed by atoms with E-state index in [0.29, 0.717) is 34.8 Å². The van der Waals surface area contributed by atoms with Crippen LogP contribution >= 0.6 is 0 Å². The largest absolute Gasteiger partial charge is 0.497 e. The number of rotatable bonds is 8. The number of amides is 1. The van der Waals surface area contributed by atoms with Gasteiger partial charge >= 0.3 is 0 Å². The van der Waals surface area contributed by atoms with E-state index in [0.717, 1.165) is 11.4 Å². The zero-order valence-corrected chi connectivity index (χ0v) is 18.5. The van der Waals surface area contributed by atoms with Crippen molar-refractivity contribution in [2.75, 3.05) is 37.6 Å². The number of anilines is 3. The van der Waals surface area contributed by atoms with Crippen molar-refractivity contribution >= 4 is 34.0 Å². The maximum absolute atomic E-state index is 12.6. The highest BCUT2D eigenvalue weighted by atomic mass is 16.5. The smallest absolute Gasteiger partial charge is 0.275 e. The number of aliphatic hydroxyl groups is 1. The molecule has 0 radical (unpaired) electrons. The first-order chi connectivity index (χ1) is 16.0. The predicted octanol–water partition coefficient (Wildman–Crippen LogP) is 2.76. The molecular formula is C23H24N6O4. The summed E-state index contributed by atoms with van der Waals surface area (Å²) in [5, 5.41) is 16.5. The Morgan fingerprint density at radius 2 is 1.82 bits per heavy atom. The Kier molecular flexibility index (Phi) is 6.36. The molecule has 10 heteroatoms. The molecule has 2 aromatic carbocycles. The highest BCUT2D eigenvalue weighted by molar-refractivity contribution is 6.03. The number of fused-ring (bicyclic) bond motifs is 1. The van der Waals surface area contributed by atoms with Crippen LogP contribution in [0.5, 0.6) is 11.5 Å². The van der Waals surface area contributed by atoms with Crippen molar-refractivity contribution in [3.05, 3.63) is 60.7 Å². The van der Waals surface area contributed by atoms with Gasteiger partial charge in [0.25, 0.3) is 5.91 Å². The molecular weight excluding hydrogens is 424 g/mol. The van der Waals surface area contributed by atoms with Gasteiger partial charge in [-0.2, -0.15) is 5.10 Å². The number of aliphatic hydroxyl groups excluding tert-OH is 1. The van der Waals surface area contributed by atoms with Crippen LogP contribution in [-0.2, 0) is 7.05 Å². The zero-order valence-electron chi connectivity index (χ0n) is 18.5. The maximum atomic E-state index is 12.6. The second kappa shape index (κ2) is 9.53. The van der Waals surface area contributed by atoms with Crippen LogP contribution in [0.3, 0.4) is 0 Å². The highest BCUT2D eigenvalue weighted by Gasteiger charge is 2.15. The first kappa shape index (κ1) is 22.0. The van der Waals surface area contributed by atoms with Crippen LogP contribution in [0, 0.1) is 0 Å². The number of ether oxygens (including phenoxy) is 2. The number of hydrogen-bond donors (Lipinski definition) is 2. The van der Waals surface area contributed by atoms with Crippen molar-refractivity contribution < 1.29 is 19.4 Å². The molecule has 0 spiro atoms. The van der Waals surface area contributed by atoms with Gasteiger partial charge in [-0.25, -0.2) is 4.98 Å². The lowest BCUT2D eigenvalue weighted by atomic mass is 10.2. The minimum Gasteiger partial charge on any atom is -0.497 e. The van der Waals surface area contributed by atoms with E-state index in [-0.39, 0.29) is 18.2 Å². The molecule has 0 unspecified atom stereocenters. The van der Waals surface area contributed by atoms with Crippen molar-refractivity contribution in [2.45, 2.75) is 0 Å². The van der Waals surface area contributed by atoms with Crippen LogP contribution in [0.1, 0.15) is 10.5 Å². The van der Waals surface area contributed by atoms with Crippen LogP contribution in [-0.4, -0.2) is 58.1 Å². The number of carbonyl (C=O) groups is 1. The monoisotopic (exact) mass is 448 g/mol. The van der Waals surface area contributed by atoms with Crippen LogP contribution in [0.4, 0.5) is 17.1 Å². The fourth-order valence-corrected chi connectivity index (χ4v) is 3.41. The van der Waals surface area contributed by atoms with Crippen molar-refractivity contribution in [3.8, 4) is 11.5 Å². The minimum absolute atomic E-state index is 0.0726. The third-order valence-corrected chi connectivity index (χ3v) is 5.00. The maximum Gasteiger partial charge on any atom is 0.275 e. The Hall–Kier alpha value is -4.18. The van der Waals surface area contributed by atoms with Gasteiger partial charge in [-0.05, 0) is 18.2 Å². The molecule has 1 amide bonds. The summed E-state index contributed by atoms with van der Waals surface area (Å²) in [6, 6.07) is 11.0. The summed E-state index contributed by atoms with van der Waals surface area (Å²) >= 11 is 0. The number of aryl methyl sites for hydroxylation is 1. The first-order valence-corrected chi connectivity index (χ1v) is 10.2. The van der Waals surface area contributed by atoms with Gasteiger partial charge in [0.2, 0.25) is 0 Å². The third-order valence-electron chi connectivity index (χ3n) is 5.00. The molecule has 0 aliphatic heterocycles. The lowest BCUT2D eigenvalue weighted by Crippen LogP contribution is -2.21. The number of nitrogens with one attached hydrogen (secondary N) is 1. The quantitative estimate of drug-likeness (QED) is 0.423. The Labute approximate surface area is 190 Å². The summed E-state index contributed by atoms with van der Waals surface area (Å²) in [7, 11) is 4.93. The molecule has 33 heavy (non-hydrogen) atoms. The molecule has 170 valence electrons. The van der Waals surface area contributed by atoms with Gasteiger partial charge in [0.15, 0.2) is 0 Å². The van der Waals surface area contributed by atoms with Crippen LogP contribution < -0.4 is 19.7 Å². The van der Waals surface area contributed by atoms with Gasteiger partial charge in [0, 0.05) is 49.4 Å². The van der Waals surface area contributed by atoms with Gasteiger partial charge in [0.05, 0.1) is 49.9 Å². The molecule has 4 aromatic rings. The predicted molar refractivity (Wildman–Crippen MR) is 124 cm³/mol. The molecule has 0 saturated heterocycles. The highest BCUT2D eigenvalue weighted by Crippen LogP contribution is 2.33. The summed E-state index contributed by atoms with van der Waals surface area (Å²) in [6.45, 7) is 0.257. The first-order valence-electron chi connectivity index (χ1n) is 10.2. The number of nitrogens with zero attached hydrogens (tertiary/aromatic N) is 5. The summed E-state index contributed by atoms with van der Waals surface area (Å²) in [4.78, 5) is 23.4. The lowest BCUT2D eigenvalue weighted by Gasteiger charge is -2.25. The van der Waals surface area contributed by atoms with Gasteiger partial charge in [-0.3, -0.25) is 14.5 Å². The number of methoxy groups -OCH3 is 2. The molecule has 2 aromatic heterocycles. The Morgan fingerprint density at radius 1 is 1.06 bits per heavy atom. The second-order valence-corrected chi connectivity index (χ2v) is 7.23. The van der Waals surface area contributed by atoms with Crippen molar-refractivity contribution in [3.63, 3.8) is 0 Å². The molecule has 4 rings (SSSR count). The Morgan fingerprint density at radius 3 is 2.45 bits per heavy atom. The van der Waals surface area contributed by atoms with E-state index in [4.69, 9.17) is 9.47 Å². The average Bonchev–Trinajstić information content (AvgIpc) is 3.25. The number of hydrogen-bond acceptors (Lipinski definition) is 8. The lowest BCUT2D eigenvalue weighted by molar-refractivity contribution is 0.102. The van der Waals surface area contributed by atoms with E-state index in [1.807, 2.05) is 35.2 Å². The van der Waals surface area contributed by atoms with Gasteiger partial charge in [-0.1, -0.05) is 0 Å². The topological polar surface area (TPSA) is 115 Å². The van der Waals surface area contributed by atoms with E-state index in [1.54, 1.807) is 44.4 Å². The fraction of sp³-hybridized carbons (Fsp3) is 0.217. The molecule has 0 atom stereocenters. The van der Waals surface area contributed by atoms with Crippen LogP contribution in [0.2, 0.25) is 0 Å². The summed E-state index contributed by atoms with van der Waals surface area (Å²) in [6.07, 6.45) is 4.69. The molecule has 2 N–H and O–H groups in total. The molecule has 10 nitrogen and oxygen atoms in total. The SMILES string of the molecule is COc1cc(OC)cc(N(CCO)c2ccc3ncc(C(=O)Nc4cnn(C)c4)nc3c2)c1. The van der Waals surface area contributed by atoms with Crippen molar-refractivity contribution in [1.29, 1.82) is 0 Å². The molecule has 2 heterocycles. The minimum atomic E-state index is -0.382. The summed E-state index contributed by atoms with van der Waals surface area (Å²) < 4.78 is 12.4. The fourth-order valence-electron chi connectivity index (χ4n) is 3.41. The van der Waals surface area contributed by atoms with E-state index in [9.17, 15) is 9.90 Å². The zero-order chi connectivity index (χ0) is 23.4. The molecule has 0 aliphatic carbocycles. The molecule has 0 saturated carbocycles. The summed E-state index contributed by atoms with van der Waals surface area (Å²) in [5.41, 5.74) is 3.48. The Balaban J connectivity index is 1.69. The van der Waals surface area contributed by atoms with E-state index >= 15 is 0 Å². The standard InChI is InChI=1S/C23H24N6O4/c1-28-14-15(12-25-28)26-23(31)22-13-24-20-5-4-16(10-21(20)27-22)29(6-7-30)17-8-18(32-2)11-19(9-17)33-3/h4-5,8-14,30H,6-7H2,1-3H3,(H,26,31). The van der Waals surface area contributed by atoms with Gasteiger partial charge in [-0.15, -0.1) is 0 Å². The number of aromatic nitrogens is 4. The van der Waals surface area contributed by atoms with Crippen LogP contribution in [0.25, 0.3) is 11.0 Å². The number of carbonyl (C=O) groups excluding carboxylic acids is 1. The van der Waals surface area contributed by atoms with Crippen molar-refractivity contribution in [2.24, 2.45) is 7.05 Å². The Bertz CT molecular complexity index is 1270. The third kappa shape index (κ3) is 4.85. The number of benzene rings is 2. The normalized spacial score (nSPS) is 10.8. The van der Waals surface area contributed by atoms with E-state index in [1.165, 1.54) is 6.20 Å². The van der Waals surface area contributed by atoms with Crippen molar-refractivity contribution in [1.82, 2.24) is 19.7 Å². The van der Waals surface area contributed by atoms with Crippen LogP contribution in [0.15, 0.2) is 55.0 Å². The average molecular weight is 448 g/mol. The second-order valence-electron chi connectivity index (χ2n) is 7.23. The van der Waals surface area contributed by atoms with E-state index in [2.05, 4.69) is 20.4 Å². The molecule has 0 bridgehead atoms. The van der Waals surface area contributed by atoms with Gasteiger partial charge in [0.1, 0.15) is 17.2 Å². The molecule has 0 fully saturated rings. The van der Waals surface area contributed by atoms with Gasteiger partial charge < -0.3 is 24.8 Å².